The maximum Gasteiger partial charge on any atom is 0.246 e. The van der Waals surface area contributed by atoms with Gasteiger partial charge in [-0.05, 0) is 36.6 Å². The van der Waals surface area contributed by atoms with E-state index in [-0.39, 0.29) is 5.91 Å². The minimum Gasteiger partial charge on any atom is -0.497 e. The highest BCUT2D eigenvalue weighted by Gasteiger charge is 2.12. The lowest BCUT2D eigenvalue weighted by Gasteiger charge is -2.17. The second kappa shape index (κ2) is 6.98. The monoisotopic (exact) mass is 259 g/mol. The molecule has 1 aliphatic rings. The van der Waals surface area contributed by atoms with Crippen molar-refractivity contribution in [3.8, 4) is 5.75 Å². The Hall–Kier alpha value is -1.77. The number of carbonyl (C=O) groups is 1. The topological polar surface area (TPSA) is 29.5 Å². The minimum absolute atomic E-state index is 0.115. The van der Waals surface area contributed by atoms with Gasteiger partial charge in [0.2, 0.25) is 5.91 Å². The Morgan fingerprint density at radius 2 is 1.95 bits per heavy atom. The smallest absolute Gasteiger partial charge is 0.246 e. The van der Waals surface area contributed by atoms with Gasteiger partial charge in [-0.1, -0.05) is 25.0 Å². The molecule has 3 heteroatoms. The van der Waals surface area contributed by atoms with Gasteiger partial charge in [0.1, 0.15) is 5.75 Å². The molecule has 0 bridgehead atoms. The van der Waals surface area contributed by atoms with E-state index in [9.17, 15) is 4.79 Å². The van der Waals surface area contributed by atoms with Crippen LogP contribution >= 0.6 is 0 Å². The standard InChI is InChI=1S/C16H21NO2/c1-19-15-8-6-7-14(13-15)9-10-16(18)17-11-4-2-3-5-12-17/h6-10,13H,2-5,11-12H2,1H3/b10-9-. The minimum atomic E-state index is 0.115. The lowest BCUT2D eigenvalue weighted by atomic mass is 10.2. The Labute approximate surface area is 114 Å². The SMILES string of the molecule is COc1cccc(/C=C\C(=O)N2CCCCCC2)c1. The zero-order valence-electron chi connectivity index (χ0n) is 11.5. The molecule has 3 nitrogen and oxygen atoms in total. The summed E-state index contributed by atoms with van der Waals surface area (Å²) in [5.41, 5.74) is 0.988. The molecule has 0 aliphatic carbocycles. The van der Waals surface area contributed by atoms with Crippen molar-refractivity contribution < 1.29 is 9.53 Å². The predicted molar refractivity (Wildman–Crippen MR) is 77.1 cm³/mol. The summed E-state index contributed by atoms with van der Waals surface area (Å²) < 4.78 is 5.17. The first-order valence-electron chi connectivity index (χ1n) is 6.90. The van der Waals surface area contributed by atoms with Crippen LogP contribution in [0.3, 0.4) is 0 Å². The van der Waals surface area contributed by atoms with Gasteiger partial charge in [0.25, 0.3) is 0 Å². The molecule has 102 valence electrons. The third-order valence-electron chi connectivity index (χ3n) is 3.43. The van der Waals surface area contributed by atoms with E-state index in [1.54, 1.807) is 13.2 Å². The van der Waals surface area contributed by atoms with Crippen LogP contribution in [0, 0.1) is 0 Å². The number of carbonyl (C=O) groups excluding carboxylic acids is 1. The van der Waals surface area contributed by atoms with Crippen molar-refractivity contribution in [3.05, 3.63) is 35.9 Å². The van der Waals surface area contributed by atoms with E-state index in [2.05, 4.69) is 0 Å². The van der Waals surface area contributed by atoms with E-state index in [1.165, 1.54) is 12.8 Å². The Balaban J connectivity index is 1.98. The van der Waals surface area contributed by atoms with Crippen LogP contribution in [-0.2, 0) is 4.79 Å². The first-order valence-corrected chi connectivity index (χ1v) is 6.90. The highest BCUT2D eigenvalue weighted by molar-refractivity contribution is 5.91. The van der Waals surface area contributed by atoms with Crippen molar-refractivity contribution in [2.24, 2.45) is 0 Å². The summed E-state index contributed by atoms with van der Waals surface area (Å²) in [7, 11) is 1.64. The number of likely N-dealkylation sites (tertiary alicyclic amines) is 1. The highest BCUT2D eigenvalue weighted by atomic mass is 16.5. The fraction of sp³-hybridized carbons (Fsp3) is 0.438. The summed E-state index contributed by atoms with van der Waals surface area (Å²) in [6, 6.07) is 7.71. The highest BCUT2D eigenvalue weighted by Crippen LogP contribution is 2.14. The van der Waals surface area contributed by atoms with Gasteiger partial charge in [-0.3, -0.25) is 4.79 Å². The maximum atomic E-state index is 12.1. The zero-order valence-corrected chi connectivity index (χ0v) is 11.5. The largest absolute Gasteiger partial charge is 0.497 e. The number of benzene rings is 1. The van der Waals surface area contributed by atoms with Gasteiger partial charge in [-0.25, -0.2) is 0 Å². The molecule has 1 heterocycles. The molecule has 0 aromatic heterocycles. The summed E-state index contributed by atoms with van der Waals surface area (Å²) in [4.78, 5) is 14.0. The van der Waals surface area contributed by atoms with Crippen molar-refractivity contribution in [3.63, 3.8) is 0 Å². The summed E-state index contributed by atoms with van der Waals surface area (Å²) in [6.45, 7) is 1.78. The lowest BCUT2D eigenvalue weighted by Crippen LogP contribution is -2.30. The number of methoxy groups -OCH3 is 1. The number of rotatable bonds is 3. The molecule has 0 spiro atoms. The molecule has 19 heavy (non-hydrogen) atoms. The number of ether oxygens (including phenoxy) is 1. The summed E-state index contributed by atoms with van der Waals surface area (Å²) in [5.74, 6) is 0.925. The van der Waals surface area contributed by atoms with Crippen LogP contribution < -0.4 is 4.74 Å². The molecule has 0 N–H and O–H groups in total. The van der Waals surface area contributed by atoms with Gasteiger partial charge in [0.15, 0.2) is 0 Å². The second-order valence-corrected chi connectivity index (χ2v) is 4.85. The Morgan fingerprint density at radius 3 is 2.63 bits per heavy atom. The Bertz CT molecular complexity index is 446. The van der Waals surface area contributed by atoms with Crippen LogP contribution in [0.4, 0.5) is 0 Å². The van der Waals surface area contributed by atoms with Gasteiger partial charge in [-0.15, -0.1) is 0 Å². The number of hydrogen-bond donors (Lipinski definition) is 0. The van der Waals surface area contributed by atoms with Crippen LogP contribution in [0.1, 0.15) is 31.2 Å². The Kier molecular flexibility index (Phi) is 5.01. The van der Waals surface area contributed by atoms with Crippen LogP contribution in [-0.4, -0.2) is 31.0 Å². The Morgan fingerprint density at radius 1 is 1.21 bits per heavy atom. The third-order valence-corrected chi connectivity index (χ3v) is 3.43. The van der Waals surface area contributed by atoms with Gasteiger partial charge in [0, 0.05) is 19.2 Å². The molecule has 0 unspecified atom stereocenters. The van der Waals surface area contributed by atoms with Crippen molar-refractivity contribution in [1.29, 1.82) is 0 Å². The van der Waals surface area contributed by atoms with Crippen molar-refractivity contribution in [1.82, 2.24) is 4.90 Å². The first-order chi connectivity index (χ1) is 9.29. The molecule has 1 amide bonds. The summed E-state index contributed by atoms with van der Waals surface area (Å²) in [6.07, 6.45) is 8.25. The summed E-state index contributed by atoms with van der Waals surface area (Å²) in [5, 5.41) is 0. The van der Waals surface area contributed by atoms with Crippen LogP contribution in [0.15, 0.2) is 30.3 Å². The molecular weight excluding hydrogens is 238 g/mol. The predicted octanol–water partition coefficient (Wildman–Crippen LogP) is 3.11. The van der Waals surface area contributed by atoms with E-state index < -0.39 is 0 Å². The molecule has 1 fully saturated rings. The number of amides is 1. The van der Waals surface area contributed by atoms with E-state index >= 15 is 0 Å². The maximum absolute atomic E-state index is 12.1. The molecule has 0 saturated carbocycles. The quantitative estimate of drug-likeness (QED) is 0.781. The van der Waals surface area contributed by atoms with Crippen molar-refractivity contribution in [2.45, 2.75) is 25.7 Å². The average Bonchev–Trinajstić information content (AvgIpc) is 2.74. The first kappa shape index (κ1) is 13.7. The fourth-order valence-electron chi connectivity index (χ4n) is 2.31. The van der Waals surface area contributed by atoms with Crippen molar-refractivity contribution >= 4 is 12.0 Å². The molecule has 1 aliphatic heterocycles. The van der Waals surface area contributed by atoms with E-state index in [4.69, 9.17) is 4.74 Å². The van der Waals surface area contributed by atoms with Gasteiger partial charge in [-0.2, -0.15) is 0 Å². The molecule has 0 radical (unpaired) electrons. The number of nitrogens with zero attached hydrogens (tertiary/aromatic N) is 1. The molecule has 0 atom stereocenters. The van der Waals surface area contributed by atoms with Gasteiger partial charge >= 0.3 is 0 Å². The van der Waals surface area contributed by atoms with Crippen LogP contribution in [0.5, 0.6) is 5.75 Å². The normalized spacial score (nSPS) is 16.4. The van der Waals surface area contributed by atoms with E-state index in [0.29, 0.717) is 0 Å². The van der Waals surface area contributed by atoms with Crippen molar-refractivity contribution in [2.75, 3.05) is 20.2 Å². The van der Waals surface area contributed by atoms with E-state index in [0.717, 1.165) is 37.2 Å². The van der Waals surface area contributed by atoms with E-state index in [1.807, 2.05) is 35.2 Å². The molecule has 1 aromatic rings. The molecule has 2 rings (SSSR count). The van der Waals surface area contributed by atoms with Crippen LogP contribution in [0.25, 0.3) is 6.08 Å². The lowest BCUT2D eigenvalue weighted by molar-refractivity contribution is -0.125. The molecular formula is C16H21NO2. The fourth-order valence-corrected chi connectivity index (χ4v) is 2.31. The molecule has 1 aromatic carbocycles. The van der Waals surface area contributed by atoms with Gasteiger partial charge in [0.05, 0.1) is 7.11 Å². The zero-order chi connectivity index (χ0) is 13.5. The van der Waals surface area contributed by atoms with Gasteiger partial charge < -0.3 is 9.64 Å². The molecule has 1 saturated heterocycles. The number of hydrogen-bond acceptors (Lipinski definition) is 2. The van der Waals surface area contributed by atoms with Crippen LogP contribution in [0.2, 0.25) is 0 Å². The summed E-state index contributed by atoms with van der Waals surface area (Å²) >= 11 is 0. The average molecular weight is 259 g/mol. The third kappa shape index (κ3) is 4.12. The second-order valence-electron chi connectivity index (χ2n) is 4.85.